The Kier molecular flexibility index (Phi) is 4.44. The SMILES string of the molecule is CCC1SCCSC1C(N)c1cnc(C)n1C. The molecule has 1 fully saturated rings. The molecule has 17 heavy (non-hydrogen) atoms. The normalized spacial score (nSPS) is 27.1. The molecular formula is C12H21N3S2. The molecular weight excluding hydrogens is 250 g/mol. The van der Waals surface area contributed by atoms with Gasteiger partial charge in [-0.2, -0.15) is 23.5 Å². The molecule has 96 valence electrons. The molecule has 1 saturated heterocycles. The largest absolute Gasteiger partial charge is 0.334 e. The molecule has 3 atom stereocenters. The minimum absolute atomic E-state index is 0.101. The van der Waals surface area contributed by atoms with Gasteiger partial charge in [-0.3, -0.25) is 0 Å². The van der Waals surface area contributed by atoms with Crippen LogP contribution in [0.1, 0.15) is 30.9 Å². The maximum atomic E-state index is 6.45. The fourth-order valence-corrected chi connectivity index (χ4v) is 5.43. The lowest BCUT2D eigenvalue weighted by Crippen LogP contribution is -2.36. The molecule has 2 N–H and O–H groups in total. The molecule has 0 aromatic carbocycles. The summed E-state index contributed by atoms with van der Waals surface area (Å²) in [6.45, 7) is 4.29. The second-order valence-electron chi connectivity index (χ2n) is 4.47. The average Bonchev–Trinajstić information content (AvgIpc) is 2.69. The lowest BCUT2D eigenvalue weighted by molar-refractivity contribution is 0.591. The summed E-state index contributed by atoms with van der Waals surface area (Å²) in [7, 11) is 2.05. The van der Waals surface area contributed by atoms with Crippen LogP contribution in [0.25, 0.3) is 0 Å². The van der Waals surface area contributed by atoms with E-state index in [0.717, 1.165) is 5.82 Å². The quantitative estimate of drug-likeness (QED) is 0.916. The fourth-order valence-electron chi connectivity index (χ4n) is 2.27. The average molecular weight is 271 g/mol. The number of hydrogen-bond acceptors (Lipinski definition) is 4. The van der Waals surface area contributed by atoms with Crippen molar-refractivity contribution in [3.05, 3.63) is 17.7 Å². The van der Waals surface area contributed by atoms with Gasteiger partial charge in [-0.25, -0.2) is 4.98 Å². The third kappa shape index (κ3) is 2.66. The minimum Gasteiger partial charge on any atom is -0.334 e. The number of imidazole rings is 1. The maximum Gasteiger partial charge on any atom is 0.105 e. The van der Waals surface area contributed by atoms with Gasteiger partial charge in [0.2, 0.25) is 0 Å². The Morgan fingerprint density at radius 1 is 1.53 bits per heavy atom. The van der Waals surface area contributed by atoms with Crippen LogP contribution in [-0.4, -0.2) is 31.6 Å². The van der Waals surface area contributed by atoms with E-state index >= 15 is 0 Å². The van der Waals surface area contributed by atoms with Gasteiger partial charge in [-0.1, -0.05) is 6.92 Å². The van der Waals surface area contributed by atoms with E-state index in [9.17, 15) is 0 Å². The van der Waals surface area contributed by atoms with E-state index in [1.54, 1.807) is 0 Å². The number of nitrogens with zero attached hydrogens (tertiary/aromatic N) is 2. The van der Waals surface area contributed by atoms with Crippen molar-refractivity contribution in [3.8, 4) is 0 Å². The van der Waals surface area contributed by atoms with Crippen molar-refractivity contribution in [2.45, 2.75) is 36.8 Å². The topological polar surface area (TPSA) is 43.8 Å². The van der Waals surface area contributed by atoms with Crippen LogP contribution in [0.15, 0.2) is 6.20 Å². The van der Waals surface area contributed by atoms with Gasteiger partial charge in [0.25, 0.3) is 0 Å². The first-order valence-electron chi connectivity index (χ1n) is 6.12. The first-order valence-corrected chi connectivity index (χ1v) is 8.22. The number of rotatable bonds is 3. The summed E-state index contributed by atoms with van der Waals surface area (Å²) in [6, 6.07) is 0.101. The zero-order chi connectivity index (χ0) is 12.4. The van der Waals surface area contributed by atoms with Crippen LogP contribution in [0.4, 0.5) is 0 Å². The van der Waals surface area contributed by atoms with Crippen LogP contribution in [0.5, 0.6) is 0 Å². The Morgan fingerprint density at radius 2 is 2.24 bits per heavy atom. The molecule has 0 bridgehead atoms. The van der Waals surface area contributed by atoms with Crippen molar-refractivity contribution < 1.29 is 0 Å². The number of nitrogens with two attached hydrogens (primary N) is 1. The third-order valence-electron chi connectivity index (χ3n) is 3.45. The molecule has 0 saturated carbocycles. The van der Waals surface area contributed by atoms with E-state index in [2.05, 4.69) is 35.3 Å². The highest BCUT2D eigenvalue weighted by Gasteiger charge is 2.32. The summed E-state index contributed by atoms with van der Waals surface area (Å²) in [5.41, 5.74) is 7.62. The monoisotopic (exact) mass is 271 g/mol. The van der Waals surface area contributed by atoms with Gasteiger partial charge in [0, 0.05) is 29.1 Å². The molecule has 2 rings (SSSR count). The van der Waals surface area contributed by atoms with Gasteiger partial charge < -0.3 is 10.3 Å². The molecule has 2 heterocycles. The lowest BCUT2D eigenvalue weighted by Gasteiger charge is -2.34. The van der Waals surface area contributed by atoms with Crippen molar-refractivity contribution in [2.75, 3.05) is 11.5 Å². The highest BCUT2D eigenvalue weighted by atomic mass is 32.2. The Morgan fingerprint density at radius 3 is 2.82 bits per heavy atom. The summed E-state index contributed by atoms with van der Waals surface area (Å²) in [5.74, 6) is 3.52. The van der Waals surface area contributed by atoms with Gasteiger partial charge in [0.1, 0.15) is 5.82 Å². The predicted molar refractivity (Wildman–Crippen MR) is 77.7 cm³/mol. The molecule has 0 aliphatic carbocycles. The summed E-state index contributed by atoms with van der Waals surface area (Å²) >= 11 is 4.11. The second-order valence-corrected chi connectivity index (χ2v) is 7.10. The van der Waals surface area contributed by atoms with Gasteiger partial charge in [-0.15, -0.1) is 0 Å². The number of aromatic nitrogens is 2. The first-order chi connectivity index (χ1) is 8.15. The van der Waals surface area contributed by atoms with Crippen molar-refractivity contribution in [3.63, 3.8) is 0 Å². The molecule has 0 radical (unpaired) electrons. The zero-order valence-electron chi connectivity index (χ0n) is 10.7. The van der Waals surface area contributed by atoms with Gasteiger partial charge in [0.15, 0.2) is 0 Å². The lowest BCUT2D eigenvalue weighted by atomic mass is 10.1. The molecule has 1 aromatic heterocycles. The van der Waals surface area contributed by atoms with Crippen molar-refractivity contribution in [2.24, 2.45) is 12.8 Å². The van der Waals surface area contributed by atoms with Crippen LogP contribution in [-0.2, 0) is 7.05 Å². The van der Waals surface area contributed by atoms with Crippen molar-refractivity contribution >= 4 is 23.5 Å². The van der Waals surface area contributed by atoms with Crippen LogP contribution < -0.4 is 5.73 Å². The van der Waals surface area contributed by atoms with E-state index < -0.39 is 0 Å². The molecule has 3 unspecified atom stereocenters. The van der Waals surface area contributed by atoms with Gasteiger partial charge in [0.05, 0.1) is 17.9 Å². The number of hydrogen-bond donors (Lipinski definition) is 1. The molecule has 1 aliphatic rings. The van der Waals surface area contributed by atoms with Gasteiger partial charge in [-0.05, 0) is 13.3 Å². The Labute approximate surface area is 112 Å². The predicted octanol–water partition coefficient (Wildman–Crippen LogP) is 2.36. The highest BCUT2D eigenvalue weighted by molar-refractivity contribution is 8.07. The molecule has 3 nitrogen and oxygen atoms in total. The highest BCUT2D eigenvalue weighted by Crippen LogP contribution is 2.39. The van der Waals surface area contributed by atoms with Crippen LogP contribution >= 0.6 is 23.5 Å². The van der Waals surface area contributed by atoms with Crippen molar-refractivity contribution in [1.82, 2.24) is 9.55 Å². The maximum absolute atomic E-state index is 6.45. The standard InChI is InChI=1S/C12H21N3S2/c1-4-10-12(17-6-5-16-10)11(13)9-7-14-8(2)15(9)3/h7,10-12H,4-6,13H2,1-3H3. The zero-order valence-corrected chi connectivity index (χ0v) is 12.4. The molecule has 0 amide bonds. The van der Waals surface area contributed by atoms with E-state index in [0.29, 0.717) is 10.5 Å². The summed E-state index contributed by atoms with van der Waals surface area (Å²) < 4.78 is 2.12. The second kappa shape index (κ2) is 5.67. The van der Waals surface area contributed by atoms with E-state index in [1.807, 2.05) is 24.9 Å². The van der Waals surface area contributed by atoms with E-state index in [4.69, 9.17) is 5.73 Å². The van der Waals surface area contributed by atoms with Crippen LogP contribution in [0.3, 0.4) is 0 Å². The van der Waals surface area contributed by atoms with E-state index in [-0.39, 0.29) is 6.04 Å². The minimum atomic E-state index is 0.101. The summed E-state index contributed by atoms with van der Waals surface area (Å²) in [6.07, 6.45) is 3.14. The molecule has 1 aromatic rings. The first kappa shape index (κ1) is 13.3. The Balaban J connectivity index is 2.18. The fraction of sp³-hybridized carbons (Fsp3) is 0.750. The Bertz CT molecular complexity index is 378. The molecule has 5 heteroatoms. The summed E-state index contributed by atoms with van der Waals surface area (Å²) in [4.78, 5) is 4.35. The third-order valence-corrected chi connectivity index (χ3v) is 6.82. The number of thioether (sulfide) groups is 2. The van der Waals surface area contributed by atoms with Crippen molar-refractivity contribution in [1.29, 1.82) is 0 Å². The number of aryl methyl sites for hydroxylation is 1. The van der Waals surface area contributed by atoms with Crippen LogP contribution in [0, 0.1) is 6.92 Å². The molecule has 0 spiro atoms. The smallest absolute Gasteiger partial charge is 0.105 e. The van der Waals surface area contributed by atoms with Crippen LogP contribution in [0.2, 0.25) is 0 Å². The van der Waals surface area contributed by atoms with E-state index in [1.165, 1.54) is 23.6 Å². The molecule has 1 aliphatic heterocycles. The summed E-state index contributed by atoms with van der Waals surface area (Å²) in [5, 5.41) is 1.20. The Hall–Kier alpha value is -0.130. The van der Waals surface area contributed by atoms with Gasteiger partial charge >= 0.3 is 0 Å².